The van der Waals surface area contributed by atoms with Crippen LogP contribution in [0.15, 0.2) is 24.3 Å². The quantitative estimate of drug-likeness (QED) is 0.691. The summed E-state index contributed by atoms with van der Waals surface area (Å²) in [6.07, 6.45) is 0.579. The first-order chi connectivity index (χ1) is 7.61. The van der Waals surface area contributed by atoms with E-state index in [1.165, 1.54) is 0 Å². The van der Waals surface area contributed by atoms with E-state index in [-0.39, 0.29) is 31.7 Å². The Morgan fingerprint density at radius 2 is 1.94 bits per heavy atom. The number of benzene rings is 1. The minimum Gasteiger partial charge on any atom is -0.482 e. The number of hydrogen-bond donors (Lipinski definition) is 3. The van der Waals surface area contributed by atoms with Crippen LogP contribution in [0.4, 0.5) is 0 Å². The molecule has 5 nitrogen and oxygen atoms in total. The number of aliphatic carboxylic acids is 1. The summed E-state index contributed by atoms with van der Waals surface area (Å²) in [5, 5.41) is 17.2. The zero-order chi connectivity index (χ0) is 12.0. The van der Waals surface area contributed by atoms with Crippen molar-refractivity contribution >= 4 is 18.4 Å². The third-order valence-electron chi connectivity index (χ3n) is 2.02. The number of carbonyl (C=O) groups is 1. The molecule has 1 unspecified atom stereocenters. The summed E-state index contributed by atoms with van der Waals surface area (Å²) in [5.41, 5.74) is 6.56. The van der Waals surface area contributed by atoms with Crippen molar-refractivity contribution in [2.75, 3.05) is 13.2 Å². The number of aliphatic hydroxyl groups is 1. The van der Waals surface area contributed by atoms with Crippen LogP contribution in [0.1, 0.15) is 5.56 Å². The van der Waals surface area contributed by atoms with Gasteiger partial charge in [-0.2, -0.15) is 0 Å². The number of nitrogens with two attached hydrogens (primary N) is 1. The maximum atomic E-state index is 10.3. The van der Waals surface area contributed by atoms with Crippen LogP contribution >= 0.6 is 12.4 Å². The van der Waals surface area contributed by atoms with E-state index in [9.17, 15) is 4.79 Å². The topological polar surface area (TPSA) is 92.8 Å². The Morgan fingerprint density at radius 1 is 1.35 bits per heavy atom. The van der Waals surface area contributed by atoms with Gasteiger partial charge in [0.05, 0.1) is 6.61 Å². The molecule has 0 aliphatic heterocycles. The molecular formula is C11H16ClNO4. The summed E-state index contributed by atoms with van der Waals surface area (Å²) >= 11 is 0. The summed E-state index contributed by atoms with van der Waals surface area (Å²) in [5.74, 6) is -0.505. The van der Waals surface area contributed by atoms with E-state index >= 15 is 0 Å². The molecule has 1 aromatic rings. The van der Waals surface area contributed by atoms with Gasteiger partial charge in [-0.05, 0) is 24.1 Å². The van der Waals surface area contributed by atoms with E-state index in [2.05, 4.69) is 0 Å². The molecule has 0 spiro atoms. The van der Waals surface area contributed by atoms with Gasteiger partial charge >= 0.3 is 5.97 Å². The van der Waals surface area contributed by atoms with E-state index in [1.54, 1.807) is 24.3 Å². The van der Waals surface area contributed by atoms with Gasteiger partial charge in [0.15, 0.2) is 6.61 Å². The average molecular weight is 262 g/mol. The highest BCUT2D eigenvalue weighted by Gasteiger charge is 2.03. The van der Waals surface area contributed by atoms with Gasteiger partial charge < -0.3 is 20.7 Å². The molecule has 0 aromatic heterocycles. The number of hydrogen-bond acceptors (Lipinski definition) is 4. The molecule has 17 heavy (non-hydrogen) atoms. The Bertz CT molecular complexity index is 342. The van der Waals surface area contributed by atoms with Gasteiger partial charge in [0, 0.05) is 6.04 Å². The Morgan fingerprint density at radius 3 is 2.41 bits per heavy atom. The maximum absolute atomic E-state index is 10.3. The molecule has 0 bridgehead atoms. The van der Waals surface area contributed by atoms with Crippen molar-refractivity contribution in [3.63, 3.8) is 0 Å². The Hall–Kier alpha value is -1.30. The van der Waals surface area contributed by atoms with Crippen molar-refractivity contribution in [3.8, 4) is 5.75 Å². The Balaban J connectivity index is 0.00000256. The lowest BCUT2D eigenvalue weighted by molar-refractivity contribution is -0.139. The van der Waals surface area contributed by atoms with Gasteiger partial charge in [-0.1, -0.05) is 12.1 Å². The van der Waals surface area contributed by atoms with Gasteiger partial charge in [-0.15, -0.1) is 12.4 Å². The van der Waals surface area contributed by atoms with Crippen LogP contribution in [-0.2, 0) is 11.2 Å². The first kappa shape index (κ1) is 15.7. The molecule has 96 valence electrons. The number of aliphatic hydroxyl groups excluding tert-OH is 1. The van der Waals surface area contributed by atoms with E-state index in [4.69, 9.17) is 20.7 Å². The molecule has 4 N–H and O–H groups in total. The molecule has 0 fully saturated rings. The first-order valence-corrected chi connectivity index (χ1v) is 4.92. The fraction of sp³-hybridized carbons (Fsp3) is 0.364. The van der Waals surface area contributed by atoms with Crippen LogP contribution < -0.4 is 10.5 Å². The largest absolute Gasteiger partial charge is 0.482 e. The standard InChI is InChI=1S/C11H15NO4.ClH/c12-9(6-13)5-8-1-3-10(4-2-8)16-7-11(14)15;/h1-4,9,13H,5-7,12H2,(H,14,15);1H. The third kappa shape index (κ3) is 6.11. The summed E-state index contributed by atoms with van der Waals surface area (Å²) in [6, 6.07) is 6.69. The smallest absolute Gasteiger partial charge is 0.341 e. The fourth-order valence-corrected chi connectivity index (χ4v) is 1.23. The van der Waals surface area contributed by atoms with Gasteiger partial charge in [0.25, 0.3) is 0 Å². The Labute approximate surface area is 106 Å². The van der Waals surface area contributed by atoms with Crippen LogP contribution in [0.25, 0.3) is 0 Å². The van der Waals surface area contributed by atoms with Gasteiger partial charge in [-0.3, -0.25) is 0 Å². The first-order valence-electron chi connectivity index (χ1n) is 4.92. The van der Waals surface area contributed by atoms with Gasteiger partial charge in [-0.25, -0.2) is 4.79 Å². The zero-order valence-electron chi connectivity index (χ0n) is 9.20. The number of halogens is 1. The highest BCUT2D eigenvalue weighted by atomic mass is 35.5. The maximum Gasteiger partial charge on any atom is 0.341 e. The minimum absolute atomic E-state index is 0. The SMILES string of the molecule is Cl.NC(CO)Cc1ccc(OCC(=O)O)cc1. The van der Waals surface area contributed by atoms with Crippen molar-refractivity contribution in [2.45, 2.75) is 12.5 Å². The lowest BCUT2D eigenvalue weighted by Gasteiger charge is -2.08. The normalized spacial score (nSPS) is 11.4. The van der Waals surface area contributed by atoms with Crippen molar-refractivity contribution < 1.29 is 19.7 Å². The summed E-state index contributed by atoms with van der Waals surface area (Å²) in [6.45, 7) is -0.410. The molecule has 0 heterocycles. The number of carboxylic acids is 1. The van der Waals surface area contributed by atoms with E-state index in [0.29, 0.717) is 12.2 Å². The molecule has 6 heteroatoms. The molecule has 0 saturated carbocycles. The van der Waals surface area contributed by atoms with Crippen LogP contribution in [-0.4, -0.2) is 35.4 Å². The molecule has 0 aliphatic carbocycles. The second kappa shape index (κ2) is 7.89. The second-order valence-corrected chi connectivity index (χ2v) is 3.47. The highest BCUT2D eigenvalue weighted by molar-refractivity contribution is 5.85. The van der Waals surface area contributed by atoms with E-state index in [0.717, 1.165) is 5.56 Å². The van der Waals surface area contributed by atoms with Gasteiger partial charge in [0.1, 0.15) is 5.75 Å². The predicted molar refractivity (Wildman–Crippen MR) is 65.6 cm³/mol. The van der Waals surface area contributed by atoms with Crippen LogP contribution in [0.2, 0.25) is 0 Å². The molecule has 1 aromatic carbocycles. The summed E-state index contributed by atoms with van der Waals surface area (Å²) in [7, 11) is 0. The van der Waals surface area contributed by atoms with E-state index in [1.807, 2.05) is 0 Å². The van der Waals surface area contributed by atoms with Crippen molar-refractivity contribution in [3.05, 3.63) is 29.8 Å². The van der Waals surface area contributed by atoms with Crippen LogP contribution in [0.5, 0.6) is 5.75 Å². The number of ether oxygens (including phenoxy) is 1. The lowest BCUT2D eigenvalue weighted by Crippen LogP contribution is -2.26. The van der Waals surface area contributed by atoms with E-state index < -0.39 is 5.97 Å². The highest BCUT2D eigenvalue weighted by Crippen LogP contribution is 2.13. The molecule has 0 aliphatic rings. The number of rotatable bonds is 6. The fourth-order valence-electron chi connectivity index (χ4n) is 1.23. The predicted octanol–water partition coefficient (Wildman–Crippen LogP) is 0.434. The molecular weight excluding hydrogens is 246 g/mol. The molecule has 0 saturated heterocycles. The van der Waals surface area contributed by atoms with Crippen molar-refractivity contribution in [2.24, 2.45) is 5.73 Å². The summed E-state index contributed by atoms with van der Waals surface area (Å²) in [4.78, 5) is 10.3. The third-order valence-corrected chi connectivity index (χ3v) is 2.02. The Kier molecular flexibility index (Phi) is 7.29. The average Bonchev–Trinajstić information content (AvgIpc) is 2.28. The lowest BCUT2D eigenvalue weighted by atomic mass is 10.1. The summed E-state index contributed by atoms with van der Waals surface area (Å²) < 4.78 is 4.97. The zero-order valence-corrected chi connectivity index (χ0v) is 10.0. The molecule has 0 amide bonds. The second-order valence-electron chi connectivity index (χ2n) is 3.47. The van der Waals surface area contributed by atoms with Gasteiger partial charge in [0.2, 0.25) is 0 Å². The van der Waals surface area contributed by atoms with Crippen molar-refractivity contribution in [1.29, 1.82) is 0 Å². The molecule has 1 atom stereocenters. The van der Waals surface area contributed by atoms with Crippen LogP contribution in [0, 0.1) is 0 Å². The van der Waals surface area contributed by atoms with Crippen molar-refractivity contribution in [1.82, 2.24) is 0 Å². The van der Waals surface area contributed by atoms with Crippen LogP contribution in [0.3, 0.4) is 0 Å². The molecule has 1 rings (SSSR count). The minimum atomic E-state index is -1.01. The number of carboxylic acid groups (broad SMARTS) is 1. The molecule has 0 radical (unpaired) electrons. The monoisotopic (exact) mass is 261 g/mol.